The highest BCUT2D eigenvalue weighted by atomic mass is 79.9. The van der Waals surface area contributed by atoms with E-state index in [1.807, 2.05) is 24.3 Å². The molecule has 0 N–H and O–H groups in total. The molecule has 0 spiro atoms. The fourth-order valence-electron chi connectivity index (χ4n) is 9.95. The number of allylic oxidation sites excluding steroid dienone is 1. The Morgan fingerprint density at radius 3 is 2.55 bits per heavy atom. The van der Waals surface area contributed by atoms with Crippen LogP contribution in [0.5, 0.6) is 5.75 Å². The van der Waals surface area contributed by atoms with E-state index in [9.17, 15) is 4.79 Å². The summed E-state index contributed by atoms with van der Waals surface area (Å²) >= 11 is 3.27. The maximum absolute atomic E-state index is 11.7. The van der Waals surface area contributed by atoms with Crippen LogP contribution >= 0.6 is 15.9 Å². The minimum atomic E-state index is -0.315. The molecule has 1 aromatic rings. The molecule has 0 radical (unpaired) electrons. The summed E-state index contributed by atoms with van der Waals surface area (Å²) < 4.78 is 11.6. The maximum atomic E-state index is 11.7. The van der Waals surface area contributed by atoms with Gasteiger partial charge in [-0.2, -0.15) is 0 Å². The second kappa shape index (κ2) is 13.6. The number of esters is 1. The number of fused-ring (bicyclic) bond motifs is 5. The van der Waals surface area contributed by atoms with Crippen molar-refractivity contribution in [3.05, 3.63) is 47.6 Å². The molecule has 0 aliphatic heterocycles. The minimum Gasteiger partial charge on any atom is -0.490 e. The Labute approximate surface area is 264 Å². The SMILES string of the molecule is CC(C)CCC[C@@H](C)[C@H]1CCC2C3CC=C4CC(Oc5ccc(C=CC(=O)OCCBr)cc5)CC[C@]4(C)C3CC[C@@]21C. The second-order valence-electron chi connectivity index (χ2n) is 15.0. The van der Waals surface area contributed by atoms with E-state index < -0.39 is 0 Å². The monoisotopic (exact) mass is 638 g/mol. The number of halogens is 1. The molecule has 4 heteroatoms. The molecule has 0 saturated heterocycles. The number of carbonyl (C=O) groups excluding carboxylic acids is 1. The normalized spacial score (nSPS) is 34.8. The van der Waals surface area contributed by atoms with Gasteiger partial charge in [-0.25, -0.2) is 4.79 Å². The Hall–Kier alpha value is -1.55. The number of carbonyl (C=O) groups is 1. The van der Waals surface area contributed by atoms with Gasteiger partial charge in [0.05, 0.1) is 0 Å². The molecular weight excluding hydrogens is 584 g/mol. The number of alkyl halides is 1. The average molecular weight is 640 g/mol. The van der Waals surface area contributed by atoms with Gasteiger partial charge in [0.25, 0.3) is 0 Å². The third-order valence-corrected chi connectivity index (χ3v) is 12.5. The summed E-state index contributed by atoms with van der Waals surface area (Å²) in [6.07, 6.45) is 20.9. The van der Waals surface area contributed by atoms with Crippen LogP contribution in [0.25, 0.3) is 6.08 Å². The van der Waals surface area contributed by atoms with Gasteiger partial charge in [-0.15, -0.1) is 0 Å². The molecule has 4 unspecified atom stereocenters. The number of hydrogen-bond acceptors (Lipinski definition) is 3. The lowest BCUT2D eigenvalue weighted by atomic mass is 9.47. The molecule has 5 rings (SSSR count). The molecule has 1 aromatic carbocycles. The summed E-state index contributed by atoms with van der Waals surface area (Å²) in [5, 5.41) is 0.648. The van der Waals surface area contributed by atoms with Crippen molar-refractivity contribution < 1.29 is 14.3 Å². The topological polar surface area (TPSA) is 35.5 Å². The molecule has 0 bridgehead atoms. The largest absolute Gasteiger partial charge is 0.490 e. The quantitative estimate of drug-likeness (QED) is 0.105. The van der Waals surface area contributed by atoms with Gasteiger partial charge in [-0.05, 0) is 115 Å². The van der Waals surface area contributed by atoms with Crippen molar-refractivity contribution >= 4 is 28.0 Å². The van der Waals surface area contributed by atoms with E-state index in [0.29, 0.717) is 22.8 Å². The van der Waals surface area contributed by atoms with Crippen LogP contribution in [0.15, 0.2) is 42.0 Å². The van der Waals surface area contributed by atoms with Crippen molar-refractivity contribution in [1.82, 2.24) is 0 Å². The fourth-order valence-corrected chi connectivity index (χ4v) is 10.1. The molecule has 4 aliphatic carbocycles. The van der Waals surface area contributed by atoms with E-state index in [1.165, 1.54) is 63.9 Å². The van der Waals surface area contributed by atoms with Crippen molar-refractivity contribution in [2.24, 2.45) is 46.3 Å². The minimum absolute atomic E-state index is 0.248. The average Bonchev–Trinajstić information content (AvgIpc) is 3.33. The summed E-state index contributed by atoms with van der Waals surface area (Å²) in [6.45, 7) is 13.0. The Kier molecular flexibility index (Phi) is 10.3. The van der Waals surface area contributed by atoms with E-state index in [0.717, 1.165) is 59.7 Å². The first kappa shape index (κ1) is 31.9. The number of hydrogen-bond donors (Lipinski definition) is 0. The summed E-state index contributed by atoms with van der Waals surface area (Å²) in [5.74, 6) is 5.87. The first-order valence-corrected chi connectivity index (χ1v) is 18.1. The highest BCUT2D eigenvalue weighted by molar-refractivity contribution is 9.09. The zero-order valence-electron chi connectivity index (χ0n) is 26.9. The smallest absolute Gasteiger partial charge is 0.330 e. The van der Waals surface area contributed by atoms with Crippen LogP contribution in [-0.4, -0.2) is 24.0 Å². The van der Waals surface area contributed by atoms with E-state index in [4.69, 9.17) is 9.47 Å². The van der Waals surface area contributed by atoms with Crippen LogP contribution in [0, 0.1) is 46.3 Å². The number of ether oxygens (including phenoxy) is 2. The first-order chi connectivity index (χ1) is 20.1. The lowest BCUT2D eigenvalue weighted by molar-refractivity contribution is -0.137. The van der Waals surface area contributed by atoms with Gasteiger partial charge in [-0.3, -0.25) is 0 Å². The summed E-state index contributed by atoms with van der Waals surface area (Å²) in [6, 6.07) is 8.09. The third-order valence-electron chi connectivity index (χ3n) is 12.2. The van der Waals surface area contributed by atoms with Crippen molar-refractivity contribution in [1.29, 1.82) is 0 Å². The van der Waals surface area contributed by atoms with Gasteiger partial charge >= 0.3 is 5.97 Å². The molecule has 3 fully saturated rings. The van der Waals surface area contributed by atoms with Crippen LogP contribution in [0.3, 0.4) is 0 Å². The number of benzene rings is 1. The highest BCUT2D eigenvalue weighted by Gasteiger charge is 2.59. The summed E-state index contributed by atoms with van der Waals surface area (Å²) in [4.78, 5) is 11.7. The lowest BCUT2D eigenvalue weighted by Crippen LogP contribution is -2.51. The van der Waals surface area contributed by atoms with Crippen molar-refractivity contribution in [2.75, 3.05) is 11.9 Å². The second-order valence-corrected chi connectivity index (χ2v) is 15.8. The summed E-state index contributed by atoms with van der Waals surface area (Å²) in [7, 11) is 0. The van der Waals surface area contributed by atoms with Crippen LogP contribution in [-0.2, 0) is 9.53 Å². The first-order valence-electron chi connectivity index (χ1n) is 17.0. The Bertz CT molecular complexity index is 1120. The molecule has 3 nitrogen and oxygen atoms in total. The number of rotatable bonds is 11. The van der Waals surface area contributed by atoms with Crippen molar-refractivity contribution in [3.8, 4) is 5.75 Å². The zero-order valence-corrected chi connectivity index (χ0v) is 28.5. The molecular formula is C38H55BrO3. The predicted molar refractivity (Wildman–Crippen MR) is 178 cm³/mol. The van der Waals surface area contributed by atoms with Gasteiger partial charge in [0.2, 0.25) is 0 Å². The van der Waals surface area contributed by atoms with Crippen molar-refractivity contribution in [2.45, 2.75) is 111 Å². The molecule has 4 aliphatic rings. The van der Waals surface area contributed by atoms with Gasteiger partial charge < -0.3 is 9.47 Å². The van der Waals surface area contributed by atoms with Crippen LogP contribution in [0.2, 0.25) is 0 Å². The fraction of sp³-hybridized carbons (Fsp3) is 0.711. The van der Waals surface area contributed by atoms with Crippen molar-refractivity contribution in [3.63, 3.8) is 0 Å². The summed E-state index contributed by atoms with van der Waals surface area (Å²) in [5.41, 5.74) is 3.55. The molecule has 0 aromatic heterocycles. The van der Waals surface area contributed by atoms with Crippen LogP contribution in [0.1, 0.15) is 111 Å². The van der Waals surface area contributed by atoms with E-state index >= 15 is 0 Å². The predicted octanol–water partition coefficient (Wildman–Crippen LogP) is 10.4. The molecule has 42 heavy (non-hydrogen) atoms. The van der Waals surface area contributed by atoms with Gasteiger partial charge in [0, 0.05) is 17.8 Å². The molecule has 0 heterocycles. The molecule has 8 atom stereocenters. The third kappa shape index (κ3) is 6.74. The van der Waals surface area contributed by atoms with Crippen LogP contribution in [0.4, 0.5) is 0 Å². The van der Waals surface area contributed by atoms with Gasteiger partial charge in [-0.1, -0.05) is 93.6 Å². The van der Waals surface area contributed by atoms with Gasteiger partial charge in [0.1, 0.15) is 18.5 Å². The highest BCUT2D eigenvalue weighted by Crippen LogP contribution is 2.67. The standard InChI is InChI=1S/C38H55BrO3/c1-26(2)7-6-8-27(3)33-16-17-34-32-15-12-29-25-31(19-21-37(29,4)35(32)20-22-38(33,34)5)42-30-13-9-28(10-14-30)11-18-36(40)41-24-23-39/h9-14,18,26-27,31-35H,6-8,15-17,19-25H2,1-5H3/t27-,31?,32?,33-,34?,35?,37+,38-/m1/s1. The Balaban J connectivity index is 1.19. The van der Waals surface area contributed by atoms with Gasteiger partial charge in [0.15, 0.2) is 0 Å². The van der Waals surface area contributed by atoms with E-state index in [1.54, 1.807) is 11.6 Å². The van der Waals surface area contributed by atoms with E-state index in [-0.39, 0.29) is 12.1 Å². The lowest BCUT2D eigenvalue weighted by Gasteiger charge is -2.58. The maximum Gasteiger partial charge on any atom is 0.330 e. The zero-order chi connectivity index (χ0) is 29.9. The van der Waals surface area contributed by atoms with Crippen LogP contribution < -0.4 is 4.74 Å². The van der Waals surface area contributed by atoms with E-state index in [2.05, 4.69) is 56.6 Å². The molecule has 232 valence electrons. The molecule has 3 saturated carbocycles. The molecule has 0 amide bonds. The Morgan fingerprint density at radius 2 is 1.81 bits per heavy atom. The Morgan fingerprint density at radius 1 is 1.02 bits per heavy atom.